The molecule has 0 unspecified atom stereocenters. The van der Waals surface area contributed by atoms with Crippen LogP contribution in [0.3, 0.4) is 0 Å². The number of nitrogens with one attached hydrogen (secondary N) is 1. The maximum absolute atomic E-state index is 9.73. The number of hydrogen-bond donors (Lipinski definition) is 3. The van der Waals surface area contributed by atoms with Gasteiger partial charge in [0.15, 0.2) is 10.8 Å². The molecular weight excluding hydrogens is 374 g/mol. The summed E-state index contributed by atoms with van der Waals surface area (Å²) in [5.74, 6) is 2.69. The van der Waals surface area contributed by atoms with Gasteiger partial charge in [0.25, 0.3) is 0 Å². The van der Waals surface area contributed by atoms with E-state index in [1.54, 1.807) is 7.11 Å². The molecule has 2 heterocycles. The third kappa shape index (κ3) is 5.08. The van der Waals surface area contributed by atoms with E-state index in [-0.39, 0.29) is 12.6 Å². The number of nitrogens with zero attached hydrogens (tertiary/aromatic N) is 3. The van der Waals surface area contributed by atoms with Gasteiger partial charge in [-0.15, -0.1) is 0 Å². The molecule has 1 atom stereocenters. The molecule has 150 valence electrons. The van der Waals surface area contributed by atoms with Crippen LogP contribution in [0, 0.1) is 5.92 Å². The number of aryl methyl sites for hydroxylation is 2. The van der Waals surface area contributed by atoms with Gasteiger partial charge in [-0.2, -0.15) is 0 Å². The van der Waals surface area contributed by atoms with Crippen LogP contribution in [0.4, 0.5) is 10.9 Å². The zero-order valence-electron chi connectivity index (χ0n) is 16.5. The van der Waals surface area contributed by atoms with E-state index >= 15 is 0 Å². The molecule has 0 saturated heterocycles. The third-order valence-electron chi connectivity index (χ3n) is 4.41. The first-order chi connectivity index (χ1) is 13.5. The number of rotatable bonds is 9. The zero-order valence-corrected chi connectivity index (χ0v) is 17.3. The summed E-state index contributed by atoms with van der Waals surface area (Å²) in [6, 6.07) is 7.90. The van der Waals surface area contributed by atoms with E-state index in [2.05, 4.69) is 35.2 Å². The van der Waals surface area contributed by atoms with E-state index in [4.69, 9.17) is 15.5 Å². The van der Waals surface area contributed by atoms with Crippen LogP contribution in [-0.2, 0) is 12.8 Å². The zero-order chi connectivity index (χ0) is 20.1. The summed E-state index contributed by atoms with van der Waals surface area (Å²) in [6.07, 6.45) is 2.30. The summed E-state index contributed by atoms with van der Waals surface area (Å²) in [4.78, 5) is 13.6. The molecule has 0 fully saturated rings. The Bertz CT molecular complexity index is 928. The van der Waals surface area contributed by atoms with Gasteiger partial charge in [-0.3, -0.25) is 0 Å². The number of methoxy groups -OCH3 is 1. The molecule has 3 aromatic rings. The Balaban J connectivity index is 1.84. The second-order valence-electron chi connectivity index (χ2n) is 7.20. The van der Waals surface area contributed by atoms with Gasteiger partial charge < -0.3 is 20.9 Å². The van der Waals surface area contributed by atoms with E-state index in [1.165, 1.54) is 11.3 Å². The van der Waals surface area contributed by atoms with Crippen molar-refractivity contribution in [2.75, 3.05) is 24.8 Å². The molecular formula is C20H27N5O2S. The highest BCUT2D eigenvalue weighted by atomic mass is 32.1. The lowest BCUT2D eigenvalue weighted by Crippen LogP contribution is -2.26. The molecule has 1 aromatic carbocycles. The predicted octanol–water partition coefficient (Wildman–Crippen LogP) is 3.28. The Morgan fingerprint density at radius 3 is 2.75 bits per heavy atom. The number of ether oxygens (including phenoxy) is 1. The fourth-order valence-corrected chi connectivity index (χ4v) is 3.85. The average Bonchev–Trinajstić information content (AvgIpc) is 3.06. The molecule has 0 aliphatic heterocycles. The lowest BCUT2D eigenvalue weighted by atomic mass is 10.0. The highest BCUT2D eigenvalue weighted by molar-refractivity contribution is 7.22. The first-order valence-electron chi connectivity index (χ1n) is 9.41. The number of fused-ring (bicyclic) bond motifs is 1. The number of nitrogens with two attached hydrogens (primary N) is 1. The largest absolute Gasteiger partial charge is 0.497 e. The predicted molar refractivity (Wildman–Crippen MR) is 114 cm³/mol. The molecule has 0 amide bonds. The van der Waals surface area contributed by atoms with Gasteiger partial charge in [0, 0.05) is 6.42 Å². The van der Waals surface area contributed by atoms with Crippen molar-refractivity contribution in [3.63, 3.8) is 0 Å². The van der Waals surface area contributed by atoms with Crippen molar-refractivity contribution in [1.29, 1.82) is 0 Å². The maximum atomic E-state index is 9.73. The molecule has 4 N–H and O–H groups in total. The highest BCUT2D eigenvalue weighted by Crippen LogP contribution is 2.29. The number of aromatic nitrogens is 3. The van der Waals surface area contributed by atoms with Crippen molar-refractivity contribution in [2.24, 2.45) is 5.92 Å². The van der Waals surface area contributed by atoms with E-state index in [0.29, 0.717) is 34.8 Å². The van der Waals surface area contributed by atoms with E-state index < -0.39 is 0 Å². The van der Waals surface area contributed by atoms with Gasteiger partial charge >= 0.3 is 0 Å². The number of hydrogen-bond acceptors (Lipinski definition) is 8. The van der Waals surface area contributed by atoms with Crippen molar-refractivity contribution in [1.82, 2.24) is 15.0 Å². The van der Waals surface area contributed by atoms with Crippen LogP contribution < -0.4 is 15.8 Å². The summed E-state index contributed by atoms with van der Waals surface area (Å²) in [6.45, 7) is 4.30. The van der Waals surface area contributed by atoms with Gasteiger partial charge in [0.1, 0.15) is 22.1 Å². The Labute approximate surface area is 169 Å². The van der Waals surface area contributed by atoms with Crippen LogP contribution >= 0.6 is 11.3 Å². The smallest absolute Gasteiger partial charge is 0.182 e. The molecule has 8 heteroatoms. The summed E-state index contributed by atoms with van der Waals surface area (Å²) in [7, 11) is 1.66. The molecule has 0 radical (unpaired) electrons. The minimum Gasteiger partial charge on any atom is -0.497 e. The molecule has 2 aromatic heterocycles. The first kappa shape index (κ1) is 20.3. The second-order valence-corrected chi connectivity index (χ2v) is 8.23. The molecule has 3 rings (SSSR count). The van der Waals surface area contributed by atoms with Crippen LogP contribution in [-0.4, -0.2) is 39.8 Å². The van der Waals surface area contributed by atoms with Crippen LogP contribution in [0.25, 0.3) is 10.3 Å². The molecule has 28 heavy (non-hydrogen) atoms. The molecule has 0 bridgehead atoms. The van der Waals surface area contributed by atoms with Crippen molar-refractivity contribution in [2.45, 2.75) is 39.2 Å². The molecule has 0 saturated carbocycles. The number of thiazole rings is 1. The van der Waals surface area contributed by atoms with Gasteiger partial charge in [-0.05, 0) is 36.5 Å². The molecule has 0 aliphatic rings. The van der Waals surface area contributed by atoms with E-state index in [0.717, 1.165) is 28.9 Å². The monoisotopic (exact) mass is 401 g/mol. The lowest BCUT2D eigenvalue weighted by Gasteiger charge is -2.19. The number of aliphatic hydroxyl groups excluding tert-OH is 1. The fourth-order valence-electron chi connectivity index (χ4n) is 3.12. The van der Waals surface area contributed by atoms with Gasteiger partial charge in [0.2, 0.25) is 0 Å². The Hall–Kier alpha value is -2.45. The topological polar surface area (TPSA) is 106 Å². The summed E-state index contributed by atoms with van der Waals surface area (Å²) in [5.41, 5.74) is 7.65. The van der Waals surface area contributed by atoms with Gasteiger partial charge in [0.05, 0.1) is 19.8 Å². The molecule has 7 nitrogen and oxygen atoms in total. The SMILES string of the molecule is COc1cccc(CCc2nc(N[C@@H](CO)CC(C)C)c3sc(N)nc3n2)c1. The molecule has 0 spiro atoms. The number of benzene rings is 1. The maximum Gasteiger partial charge on any atom is 0.182 e. The van der Waals surface area contributed by atoms with Crippen molar-refractivity contribution in [3.8, 4) is 5.75 Å². The number of aliphatic hydroxyl groups is 1. The average molecular weight is 402 g/mol. The summed E-state index contributed by atoms with van der Waals surface area (Å²) >= 11 is 1.36. The Morgan fingerprint density at radius 1 is 1.21 bits per heavy atom. The van der Waals surface area contributed by atoms with Crippen molar-refractivity contribution < 1.29 is 9.84 Å². The normalized spacial score (nSPS) is 12.5. The minimum atomic E-state index is -0.0762. The quantitative estimate of drug-likeness (QED) is 0.505. The fraction of sp³-hybridized carbons (Fsp3) is 0.450. The van der Waals surface area contributed by atoms with Crippen LogP contribution in [0.15, 0.2) is 24.3 Å². The number of nitrogen functional groups attached to an aromatic ring is 1. The first-order valence-corrected chi connectivity index (χ1v) is 10.2. The van der Waals surface area contributed by atoms with Gasteiger partial charge in [-0.1, -0.05) is 37.3 Å². The lowest BCUT2D eigenvalue weighted by molar-refractivity contribution is 0.259. The van der Waals surface area contributed by atoms with Gasteiger partial charge in [-0.25, -0.2) is 15.0 Å². The minimum absolute atomic E-state index is 0.0388. The van der Waals surface area contributed by atoms with E-state index in [9.17, 15) is 5.11 Å². The molecule has 0 aliphatic carbocycles. The summed E-state index contributed by atoms with van der Waals surface area (Å²) in [5, 5.41) is 13.6. The Kier molecular flexibility index (Phi) is 6.64. The van der Waals surface area contributed by atoms with Crippen molar-refractivity contribution >= 4 is 32.6 Å². The summed E-state index contributed by atoms with van der Waals surface area (Å²) < 4.78 is 6.11. The van der Waals surface area contributed by atoms with Crippen LogP contribution in [0.1, 0.15) is 31.7 Å². The highest BCUT2D eigenvalue weighted by Gasteiger charge is 2.17. The second kappa shape index (κ2) is 9.16. The van der Waals surface area contributed by atoms with Crippen LogP contribution in [0.5, 0.6) is 5.75 Å². The van der Waals surface area contributed by atoms with Crippen molar-refractivity contribution in [3.05, 3.63) is 35.7 Å². The van der Waals surface area contributed by atoms with E-state index in [1.807, 2.05) is 18.2 Å². The Morgan fingerprint density at radius 2 is 2.04 bits per heavy atom. The number of anilines is 2. The standard InChI is InChI=1S/C20H27N5O2S/c1-12(2)9-14(11-26)22-18-17-19(25-20(21)28-17)24-16(23-18)8-7-13-5-4-6-15(10-13)27-3/h4-6,10,12,14,26H,7-9,11H2,1-3H3,(H3,21,22,23,24,25)/t14-/m1/s1. The third-order valence-corrected chi connectivity index (χ3v) is 5.29. The van der Waals surface area contributed by atoms with Crippen LogP contribution in [0.2, 0.25) is 0 Å².